The molecule has 1 fully saturated rings. The van der Waals surface area contributed by atoms with Crippen LogP contribution in [0, 0.1) is 0 Å². The third kappa shape index (κ3) is 4.39. The van der Waals surface area contributed by atoms with Gasteiger partial charge in [0.2, 0.25) is 5.91 Å². The Hall–Kier alpha value is -1.79. The molecule has 2 unspecified atom stereocenters. The van der Waals surface area contributed by atoms with Crippen LogP contribution in [0.1, 0.15) is 17.2 Å². The lowest BCUT2D eigenvalue weighted by Gasteiger charge is -2.19. The minimum absolute atomic E-state index is 0.0379. The third-order valence-electron chi connectivity index (χ3n) is 3.92. The van der Waals surface area contributed by atoms with Crippen molar-refractivity contribution in [3.8, 4) is 0 Å². The van der Waals surface area contributed by atoms with E-state index in [-0.39, 0.29) is 23.5 Å². The van der Waals surface area contributed by atoms with Crippen molar-refractivity contribution < 1.29 is 13.2 Å². The van der Waals surface area contributed by atoms with Crippen LogP contribution in [0.3, 0.4) is 0 Å². The predicted octanol–water partition coefficient (Wildman–Crippen LogP) is 2.82. The van der Waals surface area contributed by atoms with Gasteiger partial charge < -0.3 is 5.32 Å². The van der Waals surface area contributed by atoms with E-state index >= 15 is 0 Å². The van der Waals surface area contributed by atoms with Gasteiger partial charge in [-0.05, 0) is 24.1 Å². The van der Waals surface area contributed by atoms with E-state index < -0.39 is 15.1 Å². The van der Waals surface area contributed by atoms with E-state index in [9.17, 15) is 13.2 Å². The summed E-state index contributed by atoms with van der Waals surface area (Å²) in [6, 6.07) is 19.0. The number of rotatable bonds is 5. The molecule has 2 atom stereocenters. The summed E-state index contributed by atoms with van der Waals surface area (Å²) in [7, 11) is -3.01. The van der Waals surface area contributed by atoms with Crippen molar-refractivity contribution in [1.29, 1.82) is 0 Å². The zero-order chi connectivity index (χ0) is 17.0. The molecule has 4 nitrogen and oxygen atoms in total. The quantitative estimate of drug-likeness (QED) is 0.832. The molecular formula is C18H19NO3S2. The second-order valence-electron chi connectivity index (χ2n) is 5.83. The first kappa shape index (κ1) is 17.0. The smallest absolute Gasteiger partial charge is 0.238 e. The zero-order valence-electron chi connectivity index (χ0n) is 13.1. The molecule has 0 aromatic heterocycles. The van der Waals surface area contributed by atoms with E-state index in [2.05, 4.69) is 5.32 Å². The van der Waals surface area contributed by atoms with Crippen LogP contribution in [0.15, 0.2) is 65.6 Å². The van der Waals surface area contributed by atoms with Gasteiger partial charge in [0.25, 0.3) is 0 Å². The van der Waals surface area contributed by atoms with Crippen molar-refractivity contribution in [3.05, 3.63) is 66.2 Å². The molecule has 1 heterocycles. The van der Waals surface area contributed by atoms with Crippen LogP contribution in [0.4, 0.5) is 0 Å². The largest absolute Gasteiger partial charge is 0.351 e. The number of amides is 1. The Labute approximate surface area is 146 Å². The maximum atomic E-state index is 12.8. The summed E-state index contributed by atoms with van der Waals surface area (Å²) in [5.74, 6) is 0.0490. The minimum atomic E-state index is -3.01. The Kier molecular flexibility index (Phi) is 5.26. The Balaban J connectivity index is 1.78. The second kappa shape index (κ2) is 7.40. The predicted molar refractivity (Wildman–Crippen MR) is 96.7 cm³/mol. The van der Waals surface area contributed by atoms with Gasteiger partial charge >= 0.3 is 0 Å². The van der Waals surface area contributed by atoms with Crippen LogP contribution in [0.5, 0.6) is 0 Å². The maximum Gasteiger partial charge on any atom is 0.238 e. The molecule has 24 heavy (non-hydrogen) atoms. The fourth-order valence-corrected chi connectivity index (χ4v) is 5.45. The van der Waals surface area contributed by atoms with Gasteiger partial charge in [-0.15, -0.1) is 11.8 Å². The van der Waals surface area contributed by atoms with Gasteiger partial charge in [-0.25, -0.2) is 8.42 Å². The molecule has 1 N–H and O–H groups in total. The SMILES string of the molecule is O=C(NC1CCS(=O)(=O)C1)C(Sc1ccccc1)c1ccccc1. The van der Waals surface area contributed by atoms with Crippen molar-refractivity contribution in [1.82, 2.24) is 5.32 Å². The number of sulfone groups is 1. The summed E-state index contributed by atoms with van der Waals surface area (Å²) < 4.78 is 23.2. The molecule has 0 aliphatic carbocycles. The molecule has 1 amide bonds. The number of nitrogens with one attached hydrogen (secondary N) is 1. The molecule has 1 aliphatic rings. The first-order chi connectivity index (χ1) is 11.5. The van der Waals surface area contributed by atoms with Crippen LogP contribution < -0.4 is 5.32 Å². The molecular weight excluding hydrogens is 342 g/mol. The Bertz CT molecular complexity index is 792. The van der Waals surface area contributed by atoms with E-state index in [4.69, 9.17) is 0 Å². The second-order valence-corrected chi connectivity index (χ2v) is 9.24. The average molecular weight is 361 g/mol. The summed E-state index contributed by atoms with van der Waals surface area (Å²) in [5.41, 5.74) is 0.907. The van der Waals surface area contributed by atoms with Gasteiger partial charge in [0.15, 0.2) is 9.84 Å². The molecule has 2 aromatic carbocycles. The lowest BCUT2D eigenvalue weighted by molar-refractivity contribution is -0.121. The normalized spacial score (nSPS) is 20.4. The molecule has 0 spiro atoms. The highest BCUT2D eigenvalue weighted by Crippen LogP contribution is 2.35. The number of carbonyl (C=O) groups is 1. The van der Waals surface area contributed by atoms with Crippen molar-refractivity contribution in [3.63, 3.8) is 0 Å². The van der Waals surface area contributed by atoms with Gasteiger partial charge in [-0.1, -0.05) is 48.5 Å². The lowest BCUT2D eigenvalue weighted by Crippen LogP contribution is -2.38. The Morgan fingerprint density at radius 2 is 1.67 bits per heavy atom. The first-order valence-corrected chi connectivity index (χ1v) is 10.5. The topological polar surface area (TPSA) is 63.2 Å². The van der Waals surface area contributed by atoms with Crippen LogP contribution in [0.25, 0.3) is 0 Å². The van der Waals surface area contributed by atoms with Crippen molar-refractivity contribution in [2.24, 2.45) is 0 Å². The van der Waals surface area contributed by atoms with E-state index in [1.165, 1.54) is 11.8 Å². The molecule has 3 rings (SSSR count). The summed E-state index contributed by atoms with van der Waals surface area (Å²) in [5, 5.41) is 2.51. The number of hydrogen-bond donors (Lipinski definition) is 1. The Morgan fingerprint density at radius 3 is 2.25 bits per heavy atom. The van der Waals surface area contributed by atoms with E-state index in [1.807, 2.05) is 60.7 Å². The summed E-state index contributed by atoms with van der Waals surface area (Å²) >= 11 is 1.47. The highest BCUT2D eigenvalue weighted by atomic mass is 32.2. The number of benzene rings is 2. The fourth-order valence-electron chi connectivity index (χ4n) is 2.72. The fraction of sp³-hybridized carbons (Fsp3) is 0.278. The molecule has 126 valence electrons. The average Bonchev–Trinajstić information content (AvgIpc) is 2.93. The van der Waals surface area contributed by atoms with Gasteiger partial charge in [0, 0.05) is 10.9 Å². The molecule has 6 heteroatoms. The molecule has 0 radical (unpaired) electrons. The molecule has 1 aliphatic heterocycles. The first-order valence-electron chi connectivity index (χ1n) is 7.81. The molecule has 0 bridgehead atoms. The summed E-state index contributed by atoms with van der Waals surface area (Å²) in [6.07, 6.45) is 0.492. The standard InChI is InChI=1S/C18H19NO3S2/c20-18(19-15-11-12-24(21,22)13-15)17(14-7-3-1-4-8-14)23-16-9-5-2-6-10-16/h1-10,15,17H,11-13H2,(H,19,20). The van der Waals surface area contributed by atoms with Crippen molar-refractivity contribution in [2.75, 3.05) is 11.5 Å². The van der Waals surface area contributed by atoms with Gasteiger partial charge in [-0.3, -0.25) is 4.79 Å². The van der Waals surface area contributed by atoms with E-state index in [0.717, 1.165) is 10.5 Å². The summed E-state index contributed by atoms with van der Waals surface area (Å²) in [4.78, 5) is 13.8. The van der Waals surface area contributed by atoms with Crippen molar-refractivity contribution >= 4 is 27.5 Å². The monoisotopic (exact) mass is 361 g/mol. The zero-order valence-corrected chi connectivity index (χ0v) is 14.7. The number of carbonyl (C=O) groups excluding carboxylic acids is 1. The highest BCUT2D eigenvalue weighted by Gasteiger charge is 2.31. The summed E-state index contributed by atoms with van der Waals surface area (Å²) in [6.45, 7) is 0. The molecule has 1 saturated heterocycles. The lowest BCUT2D eigenvalue weighted by atomic mass is 10.1. The highest BCUT2D eigenvalue weighted by molar-refractivity contribution is 8.00. The Morgan fingerprint density at radius 1 is 1.04 bits per heavy atom. The molecule has 2 aromatic rings. The van der Waals surface area contributed by atoms with Gasteiger partial charge in [0.05, 0.1) is 11.5 Å². The minimum Gasteiger partial charge on any atom is -0.351 e. The van der Waals surface area contributed by atoms with Crippen LogP contribution in [0.2, 0.25) is 0 Å². The van der Waals surface area contributed by atoms with Gasteiger partial charge in [0.1, 0.15) is 5.25 Å². The molecule has 0 saturated carbocycles. The van der Waals surface area contributed by atoms with Crippen LogP contribution in [-0.4, -0.2) is 31.9 Å². The third-order valence-corrected chi connectivity index (χ3v) is 6.95. The van der Waals surface area contributed by atoms with E-state index in [1.54, 1.807) is 0 Å². The van der Waals surface area contributed by atoms with Crippen LogP contribution in [-0.2, 0) is 14.6 Å². The van der Waals surface area contributed by atoms with Gasteiger partial charge in [-0.2, -0.15) is 0 Å². The number of hydrogen-bond acceptors (Lipinski definition) is 4. The maximum absolute atomic E-state index is 12.8. The number of thioether (sulfide) groups is 1. The van der Waals surface area contributed by atoms with E-state index in [0.29, 0.717) is 6.42 Å². The van der Waals surface area contributed by atoms with Crippen LogP contribution >= 0.6 is 11.8 Å². The van der Waals surface area contributed by atoms with Crippen molar-refractivity contribution in [2.45, 2.75) is 22.6 Å².